The van der Waals surface area contributed by atoms with Gasteiger partial charge < -0.3 is 10.4 Å². The molecule has 0 bridgehead atoms. The maximum atomic E-state index is 10.5. The molecule has 0 spiro atoms. The van der Waals surface area contributed by atoms with E-state index in [4.69, 9.17) is 5.11 Å². The number of aromatic nitrogens is 1. The van der Waals surface area contributed by atoms with Gasteiger partial charge in [0.2, 0.25) is 0 Å². The van der Waals surface area contributed by atoms with Gasteiger partial charge in [-0.05, 0) is 13.0 Å². The minimum Gasteiger partial charge on any atom is -0.392 e. The summed E-state index contributed by atoms with van der Waals surface area (Å²) >= 11 is 0. The van der Waals surface area contributed by atoms with Gasteiger partial charge in [-0.2, -0.15) is 0 Å². The summed E-state index contributed by atoms with van der Waals surface area (Å²) < 4.78 is 0. The predicted molar refractivity (Wildman–Crippen MR) is 51.1 cm³/mol. The molecule has 1 atom stereocenters. The van der Waals surface area contributed by atoms with Crippen LogP contribution in [0.5, 0.6) is 0 Å². The first-order valence-corrected chi connectivity index (χ1v) is 4.11. The van der Waals surface area contributed by atoms with Gasteiger partial charge >= 0.3 is 5.69 Å². The van der Waals surface area contributed by atoms with E-state index in [1.165, 1.54) is 18.5 Å². The van der Waals surface area contributed by atoms with E-state index in [-0.39, 0.29) is 12.2 Å². The van der Waals surface area contributed by atoms with Crippen LogP contribution in [0, 0.1) is 10.1 Å². The maximum absolute atomic E-state index is 10.5. The Morgan fingerprint density at radius 3 is 3.07 bits per heavy atom. The van der Waals surface area contributed by atoms with Crippen LogP contribution in [0.3, 0.4) is 0 Å². The van der Waals surface area contributed by atoms with E-state index in [1.807, 2.05) is 0 Å². The molecule has 0 amide bonds. The molecule has 6 heteroatoms. The topological polar surface area (TPSA) is 88.3 Å². The Morgan fingerprint density at radius 1 is 1.79 bits per heavy atom. The molecule has 1 heterocycles. The molecule has 0 aliphatic rings. The maximum Gasteiger partial charge on any atom is 0.310 e. The third-order valence-electron chi connectivity index (χ3n) is 1.58. The summed E-state index contributed by atoms with van der Waals surface area (Å²) in [5, 5.41) is 22.3. The monoisotopic (exact) mass is 197 g/mol. The van der Waals surface area contributed by atoms with Gasteiger partial charge in [0.25, 0.3) is 0 Å². The first-order chi connectivity index (χ1) is 6.61. The quantitative estimate of drug-likeness (QED) is 0.550. The second kappa shape index (κ2) is 4.52. The lowest BCUT2D eigenvalue weighted by Crippen LogP contribution is -2.16. The molecule has 6 nitrogen and oxygen atoms in total. The van der Waals surface area contributed by atoms with E-state index in [0.717, 1.165) is 0 Å². The zero-order valence-corrected chi connectivity index (χ0v) is 7.67. The molecular weight excluding hydrogens is 186 g/mol. The van der Waals surface area contributed by atoms with Gasteiger partial charge in [-0.15, -0.1) is 0 Å². The van der Waals surface area contributed by atoms with Crippen molar-refractivity contribution in [2.24, 2.45) is 0 Å². The third kappa shape index (κ3) is 2.67. The highest BCUT2D eigenvalue weighted by molar-refractivity contribution is 5.59. The predicted octanol–water partition coefficient (Wildman–Crippen LogP) is 0.782. The average Bonchev–Trinajstić information content (AvgIpc) is 2.15. The largest absolute Gasteiger partial charge is 0.392 e. The molecule has 1 aromatic heterocycles. The van der Waals surface area contributed by atoms with Gasteiger partial charge in [0.05, 0.1) is 11.0 Å². The van der Waals surface area contributed by atoms with E-state index >= 15 is 0 Å². The van der Waals surface area contributed by atoms with Crippen LogP contribution in [0.2, 0.25) is 0 Å². The number of aliphatic hydroxyl groups is 1. The summed E-state index contributed by atoms with van der Waals surface area (Å²) in [5.74, 6) is 0. The van der Waals surface area contributed by atoms with Gasteiger partial charge in [0.1, 0.15) is 11.9 Å². The SMILES string of the molecule is C[C@@H](O)CNc1ccncc1[N+](=O)[O-]. The molecule has 0 aliphatic heterocycles. The highest BCUT2D eigenvalue weighted by Gasteiger charge is 2.12. The van der Waals surface area contributed by atoms with Crippen LogP contribution in [0.25, 0.3) is 0 Å². The molecule has 0 fully saturated rings. The fraction of sp³-hybridized carbons (Fsp3) is 0.375. The number of nitro groups is 1. The molecule has 0 aromatic carbocycles. The number of anilines is 1. The van der Waals surface area contributed by atoms with Crippen molar-refractivity contribution in [2.75, 3.05) is 11.9 Å². The minimum atomic E-state index is -0.553. The molecule has 0 radical (unpaired) electrons. The first-order valence-electron chi connectivity index (χ1n) is 4.11. The Labute approximate surface area is 80.7 Å². The summed E-state index contributed by atoms with van der Waals surface area (Å²) in [7, 11) is 0. The summed E-state index contributed by atoms with van der Waals surface area (Å²) in [6, 6.07) is 1.50. The smallest absolute Gasteiger partial charge is 0.310 e. The van der Waals surface area contributed by atoms with Crippen LogP contribution in [0.4, 0.5) is 11.4 Å². The van der Waals surface area contributed by atoms with Crippen LogP contribution < -0.4 is 5.32 Å². The number of hydrogen-bond donors (Lipinski definition) is 2. The van der Waals surface area contributed by atoms with E-state index in [0.29, 0.717) is 5.69 Å². The Morgan fingerprint density at radius 2 is 2.50 bits per heavy atom. The van der Waals surface area contributed by atoms with E-state index < -0.39 is 11.0 Å². The van der Waals surface area contributed by atoms with Crippen LogP contribution in [-0.4, -0.2) is 27.7 Å². The number of rotatable bonds is 4. The Balaban J connectivity index is 2.79. The van der Waals surface area contributed by atoms with Crippen LogP contribution in [-0.2, 0) is 0 Å². The average molecular weight is 197 g/mol. The molecule has 2 N–H and O–H groups in total. The number of nitrogens with zero attached hydrogens (tertiary/aromatic N) is 2. The van der Waals surface area contributed by atoms with Crippen molar-refractivity contribution in [3.63, 3.8) is 0 Å². The normalized spacial score (nSPS) is 12.1. The van der Waals surface area contributed by atoms with Gasteiger partial charge in [0.15, 0.2) is 0 Å². The first kappa shape index (κ1) is 10.4. The molecule has 0 saturated heterocycles. The summed E-state index contributed by atoms with van der Waals surface area (Å²) in [5.41, 5.74) is 0.277. The van der Waals surface area contributed by atoms with Crippen molar-refractivity contribution in [3.8, 4) is 0 Å². The number of aliphatic hydroxyl groups excluding tert-OH is 1. The molecule has 1 rings (SSSR count). The Hall–Kier alpha value is -1.69. The Kier molecular flexibility index (Phi) is 3.35. The second-order valence-electron chi connectivity index (χ2n) is 2.88. The number of hydrogen-bond acceptors (Lipinski definition) is 5. The lowest BCUT2D eigenvalue weighted by molar-refractivity contribution is -0.384. The lowest BCUT2D eigenvalue weighted by Gasteiger charge is -2.07. The molecule has 0 aliphatic carbocycles. The third-order valence-corrected chi connectivity index (χ3v) is 1.58. The van der Waals surface area contributed by atoms with E-state index in [1.54, 1.807) is 6.92 Å². The zero-order chi connectivity index (χ0) is 10.6. The number of nitrogens with one attached hydrogen (secondary N) is 1. The van der Waals surface area contributed by atoms with Crippen molar-refractivity contribution in [3.05, 3.63) is 28.6 Å². The minimum absolute atomic E-state index is 0.0897. The lowest BCUT2D eigenvalue weighted by atomic mass is 10.3. The molecular formula is C8H11N3O3. The summed E-state index contributed by atoms with van der Waals surface area (Å²) in [6.45, 7) is 1.87. The van der Waals surface area contributed by atoms with Crippen LogP contribution in [0.15, 0.2) is 18.5 Å². The molecule has 14 heavy (non-hydrogen) atoms. The number of pyridine rings is 1. The van der Waals surface area contributed by atoms with Crippen molar-refractivity contribution in [2.45, 2.75) is 13.0 Å². The van der Waals surface area contributed by atoms with Crippen molar-refractivity contribution < 1.29 is 10.0 Å². The highest BCUT2D eigenvalue weighted by Crippen LogP contribution is 2.21. The van der Waals surface area contributed by atoms with Gasteiger partial charge in [-0.3, -0.25) is 15.1 Å². The highest BCUT2D eigenvalue weighted by atomic mass is 16.6. The van der Waals surface area contributed by atoms with Gasteiger partial charge in [0, 0.05) is 12.7 Å². The van der Waals surface area contributed by atoms with E-state index in [2.05, 4.69) is 10.3 Å². The molecule has 76 valence electrons. The van der Waals surface area contributed by atoms with Gasteiger partial charge in [-0.25, -0.2) is 0 Å². The summed E-state index contributed by atoms with van der Waals surface area (Å²) in [6.07, 6.45) is 2.07. The standard InChI is InChI=1S/C8H11N3O3/c1-6(12)4-10-7-2-3-9-5-8(7)11(13)14/h2-3,5-6,12H,4H2,1H3,(H,9,10)/t6-/m1/s1. The molecule has 0 saturated carbocycles. The van der Waals surface area contributed by atoms with Crippen molar-refractivity contribution in [1.82, 2.24) is 4.98 Å². The Bertz CT molecular complexity index is 327. The molecule has 0 unspecified atom stereocenters. The van der Waals surface area contributed by atoms with Crippen molar-refractivity contribution in [1.29, 1.82) is 0 Å². The second-order valence-corrected chi connectivity index (χ2v) is 2.88. The van der Waals surface area contributed by atoms with Crippen LogP contribution in [0.1, 0.15) is 6.92 Å². The van der Waals surface area contributed by atoms with Gasteiger partial charge in [-0.1, -0.05) is 0 Å². The van der Waals surface area contributed by atoms with E-state index in [9.17, 15) is 10.1 Å². The summed E-state index contributed by atoms with van der Waals surface area (Å²) in [4.78, 5) is 13.7. The molecule has 1 aromatic rings. The zero-order valence-electron chi connectivity index (χ0n) is 7.67. The van der Waals surface area contributed by atoms with Crippen LogP contribution >= 0.6 is 0 Å². The fourth-order valence-electron chi connectivity index (χ4n) is 0.939. The fourth-order valence-corrected chi connectivity index (χ4v) is 0.939. The van der Waals surface area contributed by atoms with Crippen molar-refractivity contribution >= 4 is 11.4 Å².